The highest BCUT2D eigenvalue weighted by molar-refractivity contribution is 7.47. The lowest BCUT2D eigenvalue weighted by atomic mass is 10.0. The van der Waals surface area contributed by atoms with Crippen LogP contribution in [-0.4, -0.2) is 65.7 Å². The van der Waals surface area contributed by atoms with Gasteiger partial charge >= 0.3 is 19.8 Å². The largest absolute Gasteiger partial charge is 0.472 e. The van der Waals surface area contributed by atoms with E-state index >= 15 is 0 Å². The van der Waals surface area contributed by atoms with Gasteiger partial charge in [0.2, 0.25) is 0 Å². The first-order valence-corrected chi connectivity index (χ1v) is 27.0. The maximum atomic E-state index is 12.7. The zero-order chi connectivity index (χ0) is 44.0. The summed E-state index contributed by atoms with van der Waals surface area (Å²) in [6.07, 6.45) is 45.0. The molecule has 0 saturated heterocycles. The van der Waals surface area contributed by atoms with Crippen LogP contribution < -0.4 is 0 Å². The van der Waals surface area contributed by atoms with Crippen LogP contribution in [0.5, 0.6) is 0 Å². The van der Waals surface area contributed by atoms with Crippen molar-refractivity contribution in [3.8, 4) is 0 Å². The molecule has 0 aliphatic rings. The van der Waals surface area contributed by atoms with Gasteiger partial charge in [0, 0.05) is 12.8 Å². The van der Waals surface area contributed by atoms with Crippen molar-refractivity contribution in [2.45, 2.75) is 276 Å². The molecule has 0 aromatic rings. The van der Waals surface area contributed by atoms with Gasteiger partial charge in [-0.3, -0.25) is 18.6 Å². The van der Waals surface area contributed by atoms with Crippen molar-refractivity contribution < 1.29 is 47.8 Å². The zero-order valence-electron chi connectivity index (χ0n) is 39.2. The highest BCUT2D eigenvalue weighted by atomic mass is 31.2. The third-order valence-electron chi connectivity index (χ3n) is 11.5. The Hall–Kier alpha value is -1.03. The second-order valence-corrected chi connectivity index (χ2v) is 19.0. The maximum Gasteiger partial charge on any atom is 0.472 e. The van der Waals surface area contributed by atoms with Crippen LogP contribution in [0.25, 0.3) is 0 Å². The topological polar surface area (TPSA) is 149 Å². The van der Waals surface area contributed by atoms with Gasteiger partial charge in [0.05, 0.1) is 19.8 Å². The fourth-order valence-corrected chi connectivity index (χ4v) is 8.37. The van der Waals surface area contributed by atoms with Crippen LogP contribution in [0.1, 0.15) is 264 Å². The lowest BCUT2D eigenvalue weighted by Gasteiger charge is -2.20. The molecule has 0 amide bonds. The number of unbranched alkanes of at least 4 members (excludes halogenated alkanes) is 35. The number of rotatable bonds is 49. The van der Waals surface area contributed by atoms with Crippen LogP contribution in [0.4, 0.5) is 0 Å². The van der Waals surface area contributed by atoms with Gasteiger partial charge < -0.3 is 24.6 Å². The molecule has 358 valence electrons. The van der Waals surface area contributed by atoms with Crippen LogP contribution in [-0.2, 0) is 32.7 Å². The number of esters is 2. The Labute approximate surface area is 369 Å². The van der Waals surface area contributed by atoms with Crippen molar-refractivity contribution in [1.82, 2.24) is 0 Å². The summed E-state index contributed by atoms with van der Waals surface area (Å²) < 4.78 is 32.8. The number of carbonyl (C=O) groups excluding carboxylic acids is 2. The summed E-state index contributed by atoms with van der Waals surface area (Å²) in [5, 5.41) is 18.4. The first-order valence-electron chi connectivity index (χ1n) is 25.5. The van der Waals surface area contributed by atoms with Gasteiger partial charge in [-0.25, -0.2) is 4.57 Å². The molecule has 0 heterocycles. The van der Waals surface area contributed by atoms with Gasteiger partial charge in [-0.2, -0.15) is 0 Å². The van der Waals surface area contributed by atoms with E-state index in [4.69, 9.17) is 23.6 Å². The summed E-state index contributed by atoms with van der Waals surface area (Å²) >= 11 is 0. The van der Waals surface area contributed by atoms with E-state index in [2.05, 4.69) is 13.8 Å². The van der Waals surface area contributed by atoms with E-state index in [9.17, 15) is 24.2 Å². The highest BCUT2D eigenvalue weighted by Crippen LogP contribution is 2.43. The van der Waals surface area contributed by atoms with Crippen LogP contribution in [0, 0.1) is 0 Å². The number of phosphoric acid groups is 1. The summed E-state index contributed by atoms with van der Waals surface area (Å²) in [7, 11) is -4.61. The molecule has 0 aromatic heterocycles. The van der Waals surface area contributed by atoms with Crippen molar-refractivity contribution in [3.05, 3.63) is 0 Å². The predicted molar refractivity (Wildman–Crippen MR) is 247 cm³/mol. The van der Waals surface area contributed by atoms with Crippen LogP contribution in [0.15, 0.2) is 0 Å². The Morgan fingerprint density at radius 2 is 0.717 bits per heavy atom. The molecule has 0 aliphatic carbocycles. The van der Waals surface area contributed by atoms with Crippen molar-refractivity contribution >= 4 is 19.8 Å². The van der Waals surface area contributed by atoms with E-state index in [-0.39, 0.29) is 19.4 Å². The number of hydrogen-bond donors (Lipinski definition) is 3. The molecule has 0 spiro atoms. The third kappa shape index (κ3) is 45.0. The molecule has 0 bridgehead atoms. The van der Waals surface area contributed by atoms with E-state index in [1.54, 1.807) is 0 Å². The Balaban J connectivity index is 4.09. The number of ether oxygens (including phenoxy) is 2. The Morgan fingerprint density at radius 3 is 1.03 bits per heavy atom. The van der Waals surface area contributed by atoms with Crippen molar-refractivity contribution in [3.63, 3.8) is 0 Å². The molecule has 0 aromatic carbocycles. The molecular formula is C49H97O10P. The second-order valence-electron chi connectivity index (χ2n) is 17.6. The van der Waals surface area contributed by atoms with Crippen LogP contribution in [0.2, 0.25) is 0 Å². The molecule has 3 unspecified atom stereocenters. The van der Waals surface area contributed by atoms with E-state index in [1.807, 2.05) is 0 Å². The summed E-state index contributed by atoms with van der Waals surface area (Å²) in [5.41, 5.74) is 0. The first kappa shape index (κ1) is 59.0. The summed E-state index contributed by atoms with van der Waals surface area (Å²) in [4.78, 5) is 35.1. The molecule has 0 aliphatic heterocycles. The third-order valence-corrected chi connectivity index (χ3v) is 12.5. The lowest BCUT2D eigenvalue weighted by molar-refractivity contribution is -0.161. The normalized spacial score (nSPS) is 13.6. The molecular weight excluding hydrogens is 780 g/mol. The van der Waals surface area contributed by atoms with Crippen molar-refractivity contribution in [2.24, 2.45) is 0 Å². The molecule has 0 rings (SSSR count). The Bertz CT molecular complexity index is 966. The number of aliphatic hydroxyl groups excluding tert-OH is 2. The minimum Gasteiger partial charge on any atom is -0.462 e. The molecule has 60 heavy (non-hydrogen) atoms. The monoisotopic (exact) mass is 877 g/mol. The van der Waals surface area contributed by atoms with Gasteiger partial charge in [-0.15, -0.1) is 0 Å². The van der Waals surface area contributed by atoms with Gasteiger partial charge in [0.15, 0.2) is 6.10 Å². The second kappa shape index (κ2) is 46.0. The number of aliphatic hydroxyl groups is 2. The first-order chi connectivity index (χ1) is 29.2. The van der Waals surface area contributed by atoms with Gasteiger partial charge in [0.25, 0.3) is 0 Å². The van der Waals surface area contributed by atoms with Crippen LogP contribution in [0.3, 0.4) is 0 Å². The number of carbonyl (C=O) groups is 2. The molecule has 0 saturated carbocycles. The summed E-state index contributed by atoms with van der Waals surface area (Å²) in [5.74, 6) is -0.904. The van der Waals surface area contributed by atoms with Crippen molar-refractivity contribution in [1.29, 1.82) is 0 Å². The molecule has 0 fully saturated rings. The fourth-order valence-electron chi connectivity index (χ4n) is 7.59. The minimum atomic E-state index is -4.61. The van der Waals surface area contributed by atoms with E-state index in [1.165, 1.54) is 193 Å². The van der Waals surface area contributed by atoms with Crippen LogP contribution >= 0.6 is 7.82 Å². The minimum absolute atomic E-state index is 0.193. The number of phosphoric ester groups is 1. The standard InChI is InChI=1S/C49H97O10P/c1-3-5-7-9-11-13-15-17-19-20-21-22-23-24-25-26-27-29-31-33-35-37-39-41-49(53)59-47(45-58-60(54,55)57-43-46(51)42-50)44-56-48(52)40-38-36-34-32-30-28-18-16-14-12-10-8-6-4-2/h46-47,50-51H,3-45H2,1-2H3,(H,54,55). The van der Waals surface area contributed by atoms with Gasteiger partial charge in [-0.1, -0.05) is 239 Å². The zero-order valence-corrected chi connectivity index (χ0v) is 40.1. The highest BCUT2D eigenvalue weighted by Gasteiger charge is 2.27. The molecule has 0 radical (unpaired) electrons. The Morgan fingerprint density at radius 1 is 0.433 bits per heavy atom. The Kier molecular flexibility index (Phi) is 45.2. The quantitative estimate of drug-likeness (QED) is 0.0306. The molecule has 3 N–H and O–H groups in total. The van der Waals surface area contributed by atoms with E-state index in [0.717, 1.165) is 32.1 Å². The molecule has 11 heteroatoms. The van der Waals surface area contributed by atoms with Gasteiger partial charge in [0.1, 0.15) is 12.7 Å². The average Bonchev–Trinajstić information content (AvgIpc) is 3.24. The fraction of sp³-hybridized carbons (Fsp3) is 0.959. The predicted octanol–water partition coefficient (Wildman–Crippen LogP) is 14.2. The SMILES string of the molecule is CCCCCCCCCCCCCCCCCCCCCCCCCC(=O)OC(COC(=O)CCCCCCCCCCCCCCCC)COP(=O)(O)OCC(O)CO. The van der Waals surface area contributed by atoms with E-state index in [0.29, 0.717) is 12.8 Å². The molecule has 10 nitrogen and oxygen atoms in total. The summed E-state index contributed by atoms with van der Waals surface area (Å²) in [6, 6.07) is 0. The smallest absolute Gasteiger partial charge is 0.462 e. The maximum absolute atomic E-state index is 12.7. The van der Waals surface area contributed by atoms with Gasteiger partial charge in [-0.05, 0) is 12.8 Å². The van der Waals surface area contributed by atoms with Crippen molar-refractivity contribution in [2.75, 3.05) is 26.4 Å². The lowest BCUT2D eigenvalue weighted by Crippen LogP contribution is -2.29. The molecule has 3 atom stereocenters. The average molecular weight is 877 g/mol. The van der Waals surface area contributed by atoms with E-state index < -0.39 is 51.8 Å². The summed E-state index contributed by atoms with van der Waals surface area (Å²) in [6.45, 7) is 2.45. The number of hydrogen-bond acceptors (Lipinski definition) is 9.